The summed E-state index contributed by atoms with van der Waals surface area (Å²) in [5, 5.41) is 4.20. The number of nitrogens with one attached hydrogen (secondary N) is 1. The van der Waals surface area contributed by atoms with E-state index in [0.717, 1.165) is 18.4 Å². The molecule has 0 unspecified atom stereocenters. The highest BCUT2D eigenvalue weighted by molar-refractivity contribution is 7.89. The summed E-state index contributed by atoms with van der Waals surface area (Å²) < 4.78 is 28.5. The summed E-state index contributed by atoms with van der Waals surface area (Å²) in [6, 6.07) is 0.0343. The minimum atomic E-state index is -3.15. The van der Waals surface area contributed by atoms with Crippen LogP contribution < -0.4 is 4.72 Å². The lowest BCUT2D eigenvalue weighted by Gasteiger charge is -2.15. The standard InChI is InChI=1S/C13H23N3O2S/c1-11-7-14-16(9-11)12(2)8-15-19(17,18)10-13-5-3-4-6-13/h7,9,12-13,15H,3-6,8,10H2,1-2H3/t12-/m0/s1. The average molecular weight is 285 g/mol. The normalized spacial score (nSPS) is 18.8. The third-order valence-corrected chi connectivity index (χ3v) is 5.23. The van der Waals surface area contributed by atoms with Gasteiger partial charge >= 0.3 is 0 Å². The summed E-state index contributed by atoms with van der Waals surface area (Å²) >= 11 is 0. The van der Waals surface area contributed by atoms with E-state index in [1.54, 1.807) is 10.9 Å². The Labute approximate surface area is 115 Å². The van der Waals surface area contributed by atoms with Crippen LogP contribution in [0.1, 0.15) is 44.2 Å². The van der Waals surface area contributed by atoms with Crippen molar-refractivity contribution in [2.75, 3.05) is 12.3 Å². The number of hydrogen-bond acceptors (Lipinski definition) is 3. The number of nitrogens with zero attached hydrogens (tertiary/aromatic N) is 2. The first-order valence-electron chi connectivity index (χ1n) is 6.94. The molecule has 1 fully saturated rings. The van der Waals surface area contributed by atoms with E-state index in [1.807, 2.05) is 20.0 Å². The SMILES string of the molecule is Cc1cnn([C@@H](C)CNS(=O)(=O)CC2CCCC2)c1. The second-order valence-electron chi connectivity index (χ2n) is 5.63. The van der Waals surface area contributed by atoms with E-state index in [2.05, 4.69) is 9.82 Å². The van der Waals surface area contributed by atoms with Crippen LogP contribution in [0.15, 0.2) is 12.4 Å². The van der Waals surface area contributed by atoms with Crippen LogP contribution in [0.5, 0.6) is 0 Å². The molecule has 1 saturated carbocycles. The molecule has 1 aromatic rings. The average Bonchev–Trinajstić information content (AvgIpc) is 2.97. The van der Waals surface area contributed by atoms with E-state index >= 15 is 0 Å². The Bertz CT molecular complexity index is 504. The lowest BCUT2D eigenvalue weighted by atomic mass is 10.1. The molecule has 0 bridgehead atoms. The van der Waals surface area contributed by atoms with Crippen molar-refractivity contribution >= 4 is 10.0 Å². The first-order valence-corrected chi connectivity index (χ1v) is 8.59. The van der Waals surface area contributed by atoms with E-state index in [9.17, 15) is 8.42 Å². The molecule has 0 radical (unpaired) electrons. The predicted molar refractivity (Wildman–Crippen MR) is 75.4 cm³/mol. The number of aromatic nitrogens is 2. The highest BCUT2D eigenvalue weighted by Gasteiger charge is 2.22. The van der Waals surface area contributed by atoms with Gasteiger partial charge in [-0.1, -0.05) is 12.8 Å². The van der Waals surface area contributed by atoms with Crippen LogP contribution in [-0.4, -0.2) is 30.5 Å². The van der Waals surface area contributed by atoms with Gasteiger partial charge in [0.05, 0.1) is 18.0 Å². The second kappa shape index (κ2) is 6.05. The molecule has 1 aromatic heterocycles. The highest BCUT2D eigenvalue weighted by Crippen LogP contribution is 2.25. The Kier molecular flexibility index (Phi) is 4.62. The van der Waals surface area contributed by atoms with Gasteiger partial charge in [0.2, 0.25) is 10.0 Å². The summed E-state index contributed by atoms with van der Waals surface area (Å²) in [4.78, 5) is 0. The van der Waals surface area contributed by atoms with E-state index < -0.39 is 10.0 Å². The topological polar surface area (TPSA) is 64.0 Å². The summed E-state index contributed by atoms with van der Waals surface area (Å²) in [5.74, 6) is 0.623. The number of sulfonamides is 1. The van der Waals surface area contributed by atoms with Gasteiger partial charge in [0, 0.05) is 12.7 Å². The molecule has 6 heteroatoms. The predicted octanol–water partition coefficient (Wildman–Crippen LogP) is 1.86. The number of aryl methyl sites for hydroxylation is 1. The molecule has 5 nitrogen and oxygen atoms in total. The van der Waals surface area contributed by atoms with Gasteiger partial charge in [0.1, 0.15) is 0 Å². The lowest BCUT2D eigenvalue weighted by molar-refractivity contribution is 0.475. The van der Waals surface area contributed by atoms with Gasteiger partial charge in [0.25, 0.3) is 0 Å². The van der Waals surface area contributed by atoms with Crippen LogP contribution in [0.3, 0.4) is 0 Å². The molecule has 0 aromatic carbocycles. The number of rotatable bonds is 6. The Balaban J connectivity index is 1.83. The summed E-state index contributed by atoms with van der Waals surface area (Å²) in [7, 11) is -3.15. The molecule has 19 heavy (non-hydrogen) atoms. The third kappa shape index (κ3) is 4.31. The number of hydrogen-bond donors (Lipinski definition) is 1. The van der Waals surface area contributed by atoms with Gasteiger partial charge in [-0.3, -0.25) is 4.68 Å². The molecule has 1 N–H and O–H groups in total. The van der Waals surface area contributed by atoms with Crippen molar-refractivity contribution in [3.63, 3.8) is 0 Å². The van der Waals surface area contributed by atoms with Crippen LogP contribution in [0.4, 0.5) is 0 Å². The largest absolute Gasteiger partial charge is 0.268 e. The fourth-order valence-electron chi connectivity index (χ4n) is 2.56. The maximum Gasteiger partial charge on any atom is 0.211 e. The van der Waals surface area contributed by atoms with Crippen molar-refractivity contribution in [1.82, 2.24) is 14.5 Å². The van der Waals surface area contributed by atoms with Gasteiger partial charge in [-0.15, -0.1) is 0 Å². The zero-order chi connectivity index (χ0) is 13.9. The molecule has 1 atom stereocenters. The van der Waals surface area contributed by atoms with Gasteiger partial charge in [-0.05, 0) is 38.2 Å². The van der Waals surface area contributed by atoms with Crippen molar-refractivity contribution in [3.05, 3.63) is 18.0 Å². The molecule has 108 valence electrons. The Morgan fingerprint density at radius 1 is 1.47 bits per heavy atom. The molecule has 1 heterocycles. The Hall–Kier alpha value is -0.880. The van der Waals surface area contributed by atoms with Gasteiger partial charge in [-0.2, -0.15) is 5.10 Å². The third-order valence-electron chi connectivity index (χ3n) is 3.71. The van der Waals surface area contributed by atoms with Crippen LogP contribution in [0, 0.1) is 12.8 Å². The molecule has 2 rings (SSSR count). The molecule has 1 aliphatic carbocycles. The van der Waals surface area contributed by atoms with Crippen molar-refractivity contribution in [2.45, 2.75) is 45.6 Å². The second-order valence-corrected chi connectivity index (χ2v) is 7.48. The molecule has 0 spiro atoms. The Morgan fingerprint density at radius 3 is 2.74 bits per heavy atom. The summed E-state index contributed by atoms with van der Waals surface area (Å²) in [6.45, 7) is 4.33. The molecular weight excluding hydrogens is 262 g/mol. The van der Waals surface area contributed by atoms with E-state index in [-0.39, 0.29) is 11.8 Å². The first kappa shape index (κ1) is 14.5. The summed E-state index contributed by atoms with van der Waals surface area (Å²) in [6.07, 6.45) is 8.15. The van der Waals surface area contributed by atoms with Crippen LogP contribution >= 0.6 is 0 Å². The Morgan fingerprint density at radius 2 is 2.16 bits per heavy atom. The van der Waals surface area contributed by atoms with Gasteiger partial charge in [0.15, 0.2) is 0 Å². The van der Waals surface area contributed by atoms with E-state index in [4.69, 9.17) is 0 Å². The van der Waals surface area contributed by atoms with Crippen molar-refractivity contribution < 1.29 is 8.42 Å². The van der Waals surface area contributed by atoms with Gasteiger partial charge < -0.3 is 0 Å². The molecule has 0 saturated heterocycles. The molecular formula is C13H23N3O2S. The molecule has 1 aliphatic rings. The van der Waals surface area contributed by atoms with E-state index in [1.165, 1.54) is 12.8 Å². The van der Waals surface area contributed by atoms with Crippen LogP contribution in [0.25, 0.3) is 0 Å². The fraction of sp³-hybridized carbons (Fsp3) is 0.769. The molecule has 0 aliphatic heterocycles. The first-order chi connectivity index (χ1) is 8.96. The monoisotopic (exact) mass is 285 g/mol. The minimum Gasteiger partial charge on any atom is -0.268 e. The van der Waals surface area contributed by atoms with E-state index in [0.29, 0.717) is 12.5 Å². The summed E-state index contributed by atoms with van der Waals surface area (Å²) in [5.41, 5.74) is 1.08. The van der Waals surface area contributed by atoms with Gasteiger partial charge in [-0.25, -0.2) is 13.1 Å². The maximum atomic E-state index is 12.0. The molecule has 0 amide bonds. The lowest BCUT2D eigenvalue weighted by Crippen LogP contribution is -2.33. The van der Waals surface area contributed by atoms with Crippen molar-refractivity contribution in [3.8, 4) is 0 Å². The zero-order valence-electron chi connectivity index (χ0n) is 11.7. The minimum absolute atomic E-state index is 0.0343. The van der Waals surface area contributed by atoms with Crippen LogP contribution in [0.2, 0.25) is 0 Å². The smallest absolute Gasteiger partial charge is 0.211 e. The fourth-order valence-corrected chi connectivity index (χ4v) is 4.13. The van der Waals surface area contributed by atoms with Crippen LogP contribution in [-0.2, 0) is 10.0 Å². The van der Waals surface area contributed by atoms with Crippen molar-refractivity contribution in [2.24, 2.45) is 5.92 Å². The highest BCUT2D eigenvalue weighted by atomic mass is 32.2. The quantitative estimate of drug-likeness (QED) is 0.867. The van der Waals surface area contributed by atoms with Crippen molar-refractivity contribution in [1.29, 1.82) is 0 Å². The maximum absolute atomic E-state index is 12.0. The zero-order valence-corrected chi connectivity index (χ0v) is 12.5.